The number of ether oxygens (including phenoxy) is 3. The van der Waals surface area contributed by atoms with E-state index in [1.807, 2.05) is 66.5 Å². The minimum atomic E-state index is -2.89. The Labute approximate surface area is 709 Å². The van der Waals surface area contributed by atoms with Gasteiger partial charge >= 0.3 is 0 Å². The number of hydrogen-bond acceptors (Lipinski definition) is 15. The molecule has 0 saturated heterocycles. The van der Waals surface area contributed by atoms with Crippen molar-refractivity contribution in [1.29, 1.82) is 0 Å². The molecule has 6 aliphatic carbocycles. The van der Waals surface area contributed by atoms with Crippen LogP contribution in [0.3, 0.4) is 0 Å². The first-order valence-corrected chi connectivity index (χ1v) is 48.8. The van der Waals surface area contributed by atoms with Crippen molar-refractivity contribution in [2.75, 3.05) is 118 Å². The van der Waals surface area contributed by atoms with Gasteiger partial charge < -0.3 is 44.4 Å². The normalized spacial score (nSPS) is 31.1. The molecule has 6 aliphatic heterocycles. The molecule has 118 heavy (non-hydrogen) atoms. The number of fused-ring (bicyclic) bond motifs is 12. The molecular formula is C91H108Cl3N9O12S3. The van der Waals surface area contributed by atoms with E-state index in [0.29, 0.717) is 107 Å². The molecule has 0 radical (unpaired) electrons. The number of nitrogens with zero attached hydrogens (tertiary/aromatic N) is 4. The van der Waals surface area contributed by atoms with Gasteiger partial charge in [0.1, 0.15) is 17.2 Å². The molecule has 21 nitrogen and oxygen atoms in total. The van der Waals surface area contributed by atoms with E-state index in [4.69, 9.17) is 49.0 Å². The second kappa shape index (κ2) is 34.3. The summed E-state index contributed by atoms with van der Waals surface area (Å²) >= 11 is 19.1. The van der Waals surface area contributed by atoms with Crippen molar-refractivity contribution in [3.8, 4) is 17.2 Å². The smallest absolute Gasteiger partial charge is 0.262 e. The van der Waals surface area contributed by atoms with E-state index in [-0.39, 0.29) is 92.6 Å². The van der Waals surface area contributed by atoms with Crippen molar-refractivity contribution in [2.24, 2.45) is 35.5 Å². The number of amides is 6. The van der Waals surface area contributed by atoms with E-state index in [1.165, 1.54) is 33.4 Å². The van der Waals surface area contributed by atoms with Gasteiger partial charge in [0.2, 0.25) is 17.7 Å². The predicted octanol–water partition coefficient (Wildman–Crippen LogP) is 12.4. The Bertz CT molecular complexity index is 5280. The van der Waals surface area contributed by atoms with Gasteiger partial charge in [-0.05, 0) is 282 Å². The third kappa shape index (κ3) is 17.9. The molecule has 18 rings (SSSR count). The lowest BCUT2D eigenvalue weighted by Crippen LogP contribution is -2.50. The molecule has 6 bridgehead atoms. The standard InChI is InChI=1S/C31H38ClN3O4S.C30H36ClN3O4S.C30H34ClN3O4S/c1-34-14-3-4-15-40(2,38)33-29(36)22-8-12-28-27(17-22)35(18-23-7-10-25(23)30(34)37)19-31(20-39-28)13-5-6-21-16-24(32)9-11-26(21)31;2*1-39(37)14-3-2-13-32-29(36)24-9-6-22(24)17-34-18-30(12-4-5-20-15-23(31)8-10-25(20)30)19-38-27-11-7-21(16-26(27)34)28(35)33-39/h8-9,11-12,16-17,23,25H,2-7,10,13-15,18-20H2,1H3,(H,33,36,38);7-8,10-11,15-16,22,24H,1-6,9,12-14,17-19H2,(H,32,36)(H,33,35,37);2-3,7-8,10-11,15-16,22,24H,1,4-6,9,12-14,17-19H2,(H,32,36)(H,33,35,37)/b;;3-2-/t23-,25+,31-,40?;2*22-,24+,30-,39?/m000/s1. The van der Waals surface area contributed by atoms with Crippen LogP contribution in [0, 0.1) is 35.5 Å². The molecule has 27 heteroatoms. The fraction of sp³-hybridized carbons (Fsp3) is 0.484. The van der Waals surface area contributed by atoms with Crippen LogP contribution >= 0.6 is 34.8 Å². The first kappa shape index (κ1) is 83.3. The fourth-order valence-corrected chi connectivity index (χ4v) is 24.3. The lowest BCUT2D eigenvalue weighted by atomic mass is 9.69. The highest BCUT2D eigenvalue weighted by atomic mass is 35.5. The van der Waals surface area contributed by atoms with Crippen LogP contribution in [0.15, 0.2) is 121 Å². The first-order chi connectivity index (χ1) is 56.6. The summed E-state index contributed by atoms with van der Waals surface area (Å²) in [4.78, 5) is 88.0. The second-order valence-corrected chi connectivity index (χ2v) is 43.1. The van der Waals surface area contributed by atoms with Crippen LogP contribution in [-0.4, -0.2) is 174 Å². The van der Waals surface area contributed by atoms with Crippen LogP contribution in [-0.2, 0) is 79.0 Å². The van der Waals surface area contributed by atoms with E-state index >= 15 is 0 Å². The molecule has 3 fully saturated rings. The summed E-state index contributed by atoms with van der Waals surface area (Å²) in [6, 6.07) is 34.8. The zero-order chi connectivity index (χ0) is 82.5. The number of rotatable bonds is 0. The SMILES string of the molecule is C=S1(=O)C/C=C\CNC(=O)[C@@H]2CC[C@H]2CN2C[C@@]3(CCCc4cc(Cl)ccc43)COc3ccc(cc32)C(=O)N1.C=S1(=O)CCCCN(C)C(=O)[C@@H]2CC[C@H]2CN2C[C@@]3(CCCc4cc(Cl)ccc43)COc3ccc(cc32)C(=O)N1.C=S1(=O)CCCCNC(=O)[C@@H]2CC[C@H]2CN2C[C@@]3(CCCc4cc(Cl)ccc43)COc3ccc(cc32)C(=O)N1. The van der Waals surface area contributed by atoms with Gasteiger partial charge in [-0.1, -0.05) is 65.2 Å². The molecule has 0 aromatic heterocycles. The van der Waals surface area contributed by atoms with Gasteiger partial charge in [-0.2, -0.15) is 0 Å². The second-order valence-electron chi connectivity index (χ2n) is 35.2. The van der Waals surface area contributed by atoms with Crippen LogP contribution in [0.4, 0.5) is 17.1 Å². The van der Waals surface area contributed by atoms with E-state index in [0.717, 1.165) is 159 Å². The Morgan fingerprint density at radius 3 is 1.21 bits per heavy atom. The van der Waals surface area contributed by atoms with Crippen LogP contribution in [0.5, 0.6) is 17.2 Å². The molecular weight excluding hydrogens is 1610 g/mol. The fourth-order valence-electron chi connectivity index (χ4n) is 20.3. The molecule has 12 atom stereocenters. The van der Waals surface area contributed by atoms with E-state index in [1.54, 1.807) is 30.4 Å². The Balaban J connectivity index is 0.000000132. The summed E-state index contributed by atoms with van der Waals surface area (Å²) in [7, 11) is -6.63. The highest BCUT2D eigenvalue weighted by Crippen LogP contribution is 2.51. The molecule has 6 aromatic rings. The first-order valence-electron chi connectivity index (χ1n) is 42.0. The maximum atomic E-state index is 13.4. The van der Waals surface area contributed by atoms with E-state index in [9.17, 15) is 41.4 Å². The number of halogens is 3. The van der Waals surface area contributed by atoms with Crippen molar-refractivity contribution in [3.05, 3.63) is 186 Å². The third-order valence-electron chi connectivity index (χ3n) is 27.1. The molecule has 628 valence electrons. The molecule has 6 aromatic carbocycles. The Morgan fingerprint density at radius 2 is 0.814 bits per heavy atom. The summed E-state index contributed by atoms with van der Waals surface area (Å²) in [5.74, 6) is 13.9. The van der Waals surface area contributed by atoms with Crippen LogP contribution in [0.25, 0.3) is 0 Å². The number of aryl methyl sites for hydroxylation is 3. The molecule has 3 saturated carbocycles. The zero-order valence-electron chi connectivity index (χ0n) is 67.2. The number of nitrogens with one attached hydrogen (secondary N) is 5. The number of benzene rings is 6. The molecule has 3 unspecified atom stereocenters. The van der Waals surface area contributed by atoms with Crippen molar-refractivity contribution in [3.63, 3.8) is 0 Å². The zero-order valence-corrected chi connectivity index (χ0v) is 71.9. The lowest BCUT2D eigenvalue weighted by Gasteiger charge is -2.44. The van der Waals surface area contributed by atoms with E-state index in [2.05, 4.69) is 93.5 Å². The molecule has 6 amide bonds. The van der Waals surface area contributed by atoms with Gasteiger partial charge in [-0.3, -0.25) is 42.9 Å². The molecule has 3 spiro atoms. The maximum Gasteiger partial charge on any atom is 0.262 e. The highest BCUT2D eigenvalue weighted by Gasteiger charge is 2.49. The van der Waals surface area contributed by atoms with Gasteiger partial charge in [0, 0.05) is 163 Å². The monoisotopic (exact) mass is 1720 g/mol. The lowest BCUT2D eigenvalue weighted by molar-refractivity contribution is -0.139. The summed E-state index contributed by atoms with van der Waals surface area (Å²) in [6.07, 6.45) is 20.7. The largest absolute Gasteiger partial charge is 0.490 e. The Hall–Kier alpha value is -8.39. The summed E-state index contributed by atoms with van der Waals surface area (Å²) < 4.78 is 66.6. The average molecular weight is 1720 g/mol. The van der Waals surface area contributed by atoms with Gasteiger partial charge in [0.05, 0.1) is 52.3 Å². The van der Waals surface area contributed by atoms with Crippen molar-refractivity contribution in [2.45, 2.75) is 138 Å². The van der Waals surface area contributed by atoms with Crippen molar-refractivity contribution >= 4 is 134 Å². The van der Waals surface area contributed by atoms with Crippen LogP contribution in [0.2, 0.25) is 15.1 Å². The van der Waals surface area contributed by atoms with E-state index < -0.39 is 40.9 Å². The van der Waals surface area contributed by atoms with Crippen molar-refractivity contribution < 1.29 is 55.6 Å². The number of anilines is 3. The summed E-state index contributed by atoms with van der Waals surface area (Å²) in [5.41, 5.74) is 10.7. The third-order valence-corrected chi connectivity index (χ3v) is 32.1. The average Bonchev–Trinajstić information content (AvgIpc) is 1.51. The quantitative estimate of drug-likeness (QED) is 0.0700. The predicted molar refractivity (Wildman–Crippen MR) is 473 cm³/mol. The van der Waals surface area contributed by atoms with Crippen LogP contribution < -0.4 is 53.7 Å². The Morgan fingerprint density at radius 1 is 0.432 bits per heavy atom. The minimum absolute atomic E-state index is 0.0116. The summed E-state index contributed by atoms with van der Waals surface area (Å²) in [6.45, 7) is 7.32. The Kier molecular flexibility index (Phi) is 24.2. The molecule has 5 N–H and O–H groups in total. The summed E-state index contributed by atoms with van der Waals surface area (Å²) in [5, 5.41) is 8.32. The van der Waals surface area contributed by atoms with Gasteiger partial charge in [-0.25, -0.2) is 12.6 Å². The van der Waals surface area contributed by atoms with Gasteiger partial charge in [0.15, 0.2) is 0 Å². The highest BCUT2D eigenvalue weighted by molar-refractivity contribution is 7.99. The van der Waals surface area contributed by atoms with Gasteiger partial charge in [-0.15, -0.1) is 0 Å². The minimum Gasteiger partial charge on any atom is -0.490 e. The van der Waals surface area contributed by atoms with Gasteiger partial charge in [0.25, 0.3) is 17.7 Å². The van der Waals surface area contributed by atoms with Crippen molar-refractivity contribution in [1.82, 2.24) is 29.7 Å². The number of carbonyl (C=O) groups excluding carboxylic acids is 6. The topological polar surface area (TPSA) is 254 Å². The van der Waals surface area contributed by atoms with Crippen LogP contribution in [0.1, 0.15) is 167 Å². The molecule has 6 heterocycles. The maximum absolute atomic E-state index is 13.4. The number of carbonyl (C=O) groups is 6. The number of hydrogen-bond donors (Lipinski definition) is 5. The molecule has 12 aliphatic rings.